The van der Waals surface area contributed by atoms with E-state index in [-0.39, 0.29) is 0 Å². The highest BCUT2D eigenvalue weighted by Gasteiger charge is 1.97. The molecule has 0 amide bonds. The molecule has 0 saturated heterocycles. The predicted molar refractivity (Wildman–Crippen MR) is 74.9 cm³/mol. The molecule has 1 aromatic carbocycles. The molecule has 5 heteroatoms. The van der Waals surface area contributed by atoms with E-state index in [2.05, 4.69) is 9.97 Å². The van der Waals surface area contributed by atoms with E-state index >= 15 is 0 Å². The molecule has 17 heavy (non-hydrogen) atoms. The summed E-state index contributed by atoms with van der Waals surface area (Å²) in [7, 11) is 0. The Bertz CT molecular complexity index is 448. The third kappa shape index (κ3) is 4.58. The van der Waals surface area contributed by atoms with Crippen molar-refractivity contribution in [2.75, 3.05) is 11.5 Å². The van der Waals surface area contributed by atoms with E-state index in [4.69, 9.17) is 11.6 Å². The van der Waals surface area contributed by atoms with Gasteiger partial charge in [-0.1, -0.05) is 23.4 Å². The second kappa shape index (κ2) is 6.89. The lowest BCUT2D eigenvalue weighted by atomic mass is 10.4. The zero-order valence-corrected chi connectivity index (χ0v) is 11.4. The fraction of sp³-hybridized carbons (Fsp3) is 0.167. The van der Waals surface area contributed by atoms with Crippen LogP contribution in [0.1, 0.15) is 0 Å². The topological polar surface area (TPSA) is 25.8 Å². The Morgan fingerprint density at radius 3 is 2.29 bits per heavy atom. The first-order chi connectivity index (χ1) is 8.34. The lowest BCUT2D eigenvalue weighted by Gasteiger charge is -2.01. The Morgan fingerprint density at radius 2 is 1.59 bits per heavy atom. The highest BCUT2D eigenvalue weighted by Crippen LogP contribution is 2.22. The van der Waals surface area contributed by atoms with Crippen LogP contribution in [-0.4, -0.2) is 21.5 Å². The largest absolute Gasteiger partial charge is 0.231 e. The molecule has 2 aromatic rings. The smallest absolute Gasteiger partial charge is 0.187 e. The standard InChI is InChI=1S/C12H11ClN2S2/c13-10-2-4-11(5-3-10)16-8-9-17-12-14-6-1-7-15-12/h1-7H,8-9H2. The van der Waals surface area contributed by atoms with Crippen molar-refractivity contribution in [3.05, 3.63) is 47.7 Å². The molecular formula is C12H11ClN2S2. The number of aromatic nitrogens is 2. The van der Waals surface area contributed by atoms with Crippen LogP contribution < -0.4 is 0 Å². The van der Waals surface area contributed by atoms with Crippen molar-refractivity contribution >= 4 is 35.1 Å². The number of thioether (sulfide) groups is 2. The van der Waals surface area contributed by atoms with Crippen LogP contribution in [-0.2, 0) is 0 Å². The molecule has 1 aromatic heterocycles. The van der Waals surface area contributed by atoms with Crippen LogP contribution in [0, 0.1) is 0 Å². The van der Waals surface area contributed by atoms with E-state index in [0.29, 0.717) is 0 Å². The molecule has 0 unspecified atom stereocenters. The van der Waals surface area contributed by atoms with Crippen molar-refractivity contribution in [1.82, 2.24) is 9.97 Å². The number of hydrogen-bond acceptors (Lipinski definition) is 4. The van der Waals surface area contributed by atoms with Crippen molar-refractivity contribution < 1.29 is 0 Å². The molecule has 1 heterocycles. The lowest BCUT2D eigenvalue weighted by Crippen LogP contribution is -1.88. The third-order valence-electron chi connectivity index (χ3n) is 1.94. The summed E-state index contributed by atoms with van der Waals surface area (Å²) in [6, 6.07) is 9.73. The molecule has 2 rings (SSSR count). The maximum atomic E-state index is 5.82. The molecule has 0 bridgehead atoms. The normalized spacial score (nSPS) is 10.4. The fourth-order valence-corrected chi connectivity index (χ4v) is 2.99. The summed E-state index contributed by atoms with van der Waals surface area (Å²) in [4.78, 5) is 9.56. The summed E-state index contributed by atoms with van der Waals surface area (Å²) in [5, 5.41) is 1.62. The first kappa shape index (κ1) is 12.7. The number of halogens is 1. The molecule has 0 atom stereocenters. The minimum atomic E-state index is 0.779. The van der Waals surface area contributed by atoms with Gasteiger partial charge in [-0.25, -0.2) is 9.97 Å². The number of benzene rings is 1. The van der Waals surface area contributed by atoms with Gasteiger partial charge in [0.25, 0.3) is 0 Å². The first-order valence-corrected chi connectivity index (χ1v) is 7.48. The summed E-state index contributed by atoms with van der Waals surface area (Å²) in [6.07, 6.45) is 3.53. The van der Waals surface area contributed by atoms with Crippen molar-refractivity contribution in [1.29, 1.82) is 0 Å². The molecule has 0 aliphatic carbocycles. The van der Waals surface area contributed by atoms with Gasteiger partial charge in [0.15, 0.2) is 5.16 Å². The van der Waals surface area contributed by atoms with Crippen LogP contribution in [0.4, 0.5) is 0 Å². The van der Waals surface area contributed by atoms with E-state index < -0.39 is 0 Å². The molecule has 0 radical (unpaired) electrons. The molecule has 88 valence electrons. The number of hydrogen-bond donors (Lipinski definition) is 0. The molecule has 0 spiro atoms. The van der Waals surface area contributed by atoms with Gasteiger partial charge in [-0.2, -0.15) is 0 Å². The maximum absolute atomic E-state index is 5.82. The summed E-state index contributed by atoms with van der Waals surface area (Å²) in [6.45, 7) is 0. The highest BCUT2D eigenvalue weighted by atomic mass is 35.5. The van der Waals surface area contributed by atoms with E-state index in [9.17, 15) is 0 Å². The van der Waals surface area contributed by atoms with Gasteiger partial charge in [0.05, 0.1) is 0 Å². The molecule has 0 aliphatic heterocycles. The van der Waals surface area contributed by atoms with Gasteiger partial charge in [-0.15, -0.1) is 11.8 Å². The summed E-state index contributed by atoms with van der Waals surface area (Å²) in [5.41, 5.74) is 0. The Labute approximate surface area is 114 Å². The van der Waals surface area contributed by atoms with Gasteiger partial charge in [0.1, 0.15) is 0 Å². The van der Waals surface area contributed by atoms with Crippen LogP contribution >= 0.6 is 35.1 Å². The summed E-state index contributed by atoms with van der Waals surface area (Å²) in [5.74, 6) is 2.03. The van der Waals surface area contributed by atoms with Crippen LogP contribution in [0.5, 0.6) is 0 Å². The second-order valence-corrected chi connectivity index (χ2v) is 5.85. The Balaban J connectivity index is 1.71. The SMILES string of the molecule is Clc1ccc(SCCSc2ncccn2)cc1. The van der Waals surface area contributed by atoms with Crippen LogP contribution in [0.25, 0.3) is 0 Å². The Morgan fingerprint density at radius 1 is 0.941 bits per heavy atom. The van der Waals surface area contributed by atoms with Crippen molar-refractivity contribution in [2.24, 2.45) is 0 Å². The van der Waals surface area contributed by atoms with E-state index in [1.165, 1.54) is 4.90 Å². The van der Waals surface area contributed by atoms with Crippen molar-refractivity contribution in [3.8, 4) is 0 Å². The van der Waals surface area contributed by atoms with Crippen molar-refractivity contribution in [2.45, 2.75) is 10.1 Å². The summed E-state index contributed by atoms with van der Waals surface area (Å²) < 4.78 is 0. The molecule has 0 saturated carbocycles. The maximum Gasteiger partial charge on any atom is 0.187 e. The average molecular weight is 283 g/mol. The predicted octanol–water partition coefficient (Wildman–Crippen LogP) is 4.01. The molecule has 2 nitrogen and oxygen atoms in total. The minimum absolute atomic E-state index is 0.779. The lowest BCUT2D eigenvalue weighted by molar-refractivity contribution is 0.968. The molecule has 0 N–H and O–H groups in total. The third-order valence-corrected chi connectivity index (χ3v) is 4.34. The van der Waals surface area contributed by atoms with E-state index in [1.54, 1.807) is 24.2 Å². The van der Waals surface area contributed by atoms with Crippen LogP contribution in [0.2, 0.25) is 5.02 Å². The zero-order valence-electron chi connectivity index (χ0n) is 9.04. The highest BCUT2D eigenvalue weighted by molar-refractivity contribution is 8.02. The number of rotatable bonds is 5. The van der Waals surface area contributed by atoms with E-state index in [0.717, 1.165) is 21.7 Å². The molecular weight excluding hydrogens is 272 g/mol. The quantitative estimate of drug-likeness (QED) is 0.470. The van der Waals surface area contributed by atoms with Crippen LogP contribution in [0.15, 0.2) is 52.8 Å². The Hall–Kier alpha value is -0.710. The van der Waals surface area contributed by atoms with Gasteiger partial charge in [-0.3, -0.25) is 0 Å². The Kier molecular flexibility index (Phi) is 5.16. The van der Waals surface area contributed by atoms with Gasteiger partial charge in [0, 0.05) is 33.8 Å². The monoisotopic (exact) mass is 282 g/mol. The first-order valence-electron chi connectivity index (χ1n) is 5.13. The van der Waals surface area contributed by atoms with E-state index in [1.807, 2.05) is 42.1 Å². The fourth-order valence-electron chi connectivity index (χ4n) is 1.18. The van der Waals surface area contributed by atoms with Gasteiger partial charge >= 0.3 is 0 Å². The van der Waals surface area contributed by atoms with Gasteiger partial charge < -0.3 is 0 Å². The minimum Gasteiger partial charge on any atom is -0.231 e. The molecule has 0 fully saturated rings. The zero-order chi connectivity index (χ0) is 11.9. The summed E-state index contributed by atoms with van der Waals surface area (Å²) >= 11 is 9.31. The van der Waals surface area contributed by atoms with Crippen molar-refractivity contribution in [3.63, 3.8) is 0 Å². The van der Waals surface area contributed by atoms with Crippen LogP contribution in [0.3, 0.4) is 0 Å². The number of nitrogens with zero attached hydrogens (tertiary/aromatic N) is 2. The second-order valence-electron chi connectivity index (χ2n) is 3.18. The van der Waals surface area contributed by atoms with Gasteiger partial charge in [-0.05, 0) is 30.3 Å². The van der Waals surface area contributed by atoms with Gasteiger partial charge in [0.2, 0.25) is 0 Å². The average Bonchev–Trinajstić information content (AvgIpc) is 2.38. The molecule has 0 aliphatic rings.